The molecule has 0 saturated carbocycles. The minimum atomic E-state index is -0.489. The summed E-state index contributed by atoms with van der Waals surface area (Å²) in [4.78, 5) is 21.9. The quantitative estimate of drug-likeness (QED) is 0.521. The smallest absolute Gasteiger partial charge is 0.269 e. The maximum absolute atomic E-state index is 12.0. The first kappa shape index (κ1) is 14.5. The van der Waals surface area contributed by atoms with Crippen LogP contribution in [0.15, 0.2) is 54.6 Å². The summed E-state index contributed by atoms with van der Waals surface area (Å²) < 4.78 is 0. The van der Waals surface area contributed by atoms with E-state index in [0.29, 0.717) is 11.1 Å². The summed E-state index contributed by atoms with van der Waals surface area (Å²) in [7, 11) is 1.00. The third kappa shape index (κ3) is 3.72. The van der Waals surface area contributed by atoms with E-state index in [0.717, 1.165) is 7.11 Å². The van der Waals surface area contributed by atoms with Gasteiger partial charge in [-0.15, -0.1) is 0 Å². The lowest BCUT2D eigenvalue weighted by Gasteiger charge is -2.00. The van der Waals surface area contributed by atoms with Gasteiger partial charge in [0.05, 0.1) is 4.92 Å². The Morgan fingerprint density at radius 3 is 1.89 bits per heavy atom. The highest BCUT2D eigenvalue weighted by Gasteiger charge is 2.10. The number of carbonyl (C=O) groups is 1. The minimum absolute atomic E-state index is 0.0189. The van der Waals surface area contributed by atoms with Crippen molar-refractivity contribution in [3.05, 3.63) is 75.8 Å². The fourth-order valence-electron chi connectivity index (χ4n) is 1.49. The van der Waals surface area contributed by atoms with Gasteiger partial charge in [-0.05, 0) is 12.1 Å². The van der Waals surface area contributed by atoms with E-state index in [1.165, 1.54) is 24.3 Å². The molecule has 5 heteroatoms. The van der Waals surface area contributed by atoms with Crippen molar-refractivity contribution in [2.75, 3.05) is 7.11 Å². The molecule has 2 aromatic rings. The summed E-state index contributed by atoms with van der Waals surface area (Å²) in [5.41, 5.74) is 0.998. The molecule has 0 unspecified atom stereocenters. The number of nitro benzene ring substituents is 1. The lowest BCUT2D eigenvalue weighted by molar-refractivity contribution is -0.384. The van der Waals surface area contributed by atoms with E-state index >= 15 is 0 Å². The van der Waals surface area contributed by atoms with Crippen LogP contribution in [-0.4, -0.2) is 22.9 Å². The SMILES string of the molecule is CO.O=C(c1ccccc1)c1ccc([N+](=O)[O-])cc1. The maximum atomic E-state index is 12.0. The minimum Gasteiger partial charge on any atom is -0.400 e. The van der Waals surface area contributed by atoms with Crippen LogP contribution >= 0.6 is 0 Å². The zero-order chi connectivity index (χ0) is 14.3. The molecule has 0 spiro atoms. The molecular weight excluding hydrogens is 246 g/mol. The number of carbonyl (C=O) groups excluding carboxylic acids is 1. The zero-order valence-electron chi connectivity index (χ0n) is 10.3. The molecule has 0 aliphatic carbocycles. The Morgan fingerprint density at radius 2 is 1.42 bits per heavy atom. The van der Waals surface area contributed by atoms with Crippen LogP contribution in [-0.2, 0) is 0 Å². The number of ketones is 1. The van der Waals surface area contributed by atoms with Crippen LogP contribution in [0.2, 0.25) is 0 Å². The molecule has 5 nitrogen and oxygen atoms in total. The largest absolute Gasteiger partial charge is 0.400 e. The monoisotopic (exact) mass is 259 g/mol. The van der Waals surface area contributed by atoms with E-state index < -0.39 is 4.92 Å². The number of hydrogen-bond acceptors (Lipinski definition) is 4. The first-order valence-corrected chi connectivity index (χ1v) is 5.47. The Balaban J connectivity index is 0.000000861. The molecule has 98 valence electrons. The molecule has 0 aliphatic rings. The first-order chi connectivity index (χ1) is 9.18. The molecule has 0 bridgehead atoms. The zero-order valence-corrected chi connectivity index (χ0v) is 10.3. The second-order valence-corrected chi connectivity index (χ2v) is 3.50. The number of non-ortho nitro benzene ring substituents is 1. The molecular formula is C14H13NO4. The van der Waals surface area contributed by atoms with Crippen LogP contribution in [0, 0.1) is 10.1 Å². The number of hydrogen-bond donors (Lipinski definition) is 1. The lowest BCUT2D eigenvalue weighted by Crippen LogP contribution is -2.00. The van der Waals surface area contributed by atoms with E-state index in [9.17, 15) is 14.9 Å². The molecule has 0 fully saturated rings. The van der Waals surface area contributed by atoms with Crippen molar-refractivity contribution in [3.63, 3.8) is 0 Å². The van der Waals surface area contributed by atoms with E-state index in [4.69, 9.17) is 5.11 Å². The highest BCUT2D eigenvalue weighted by atomic mass is 16.6. The van der Waals surface area contributed by atoms with Gasteiger partial charge in [-0.3, -0.25) is 14.9 Å². The topological polar surface area (TPSA) is 80.4 Å². The van der Waals surface area contributed by atoms with Crippen molar-refractivity contribution in [2.45, 2.75) is 0 Å². The highest BCUT2D eigenvalue weighted by molar-refractivity contribution is 6.09. The molecule has 0 atom stereocenters. The third-order valence-corrected chi connectivity index (χ3v) is 2.38. The van der Waals surface area contributed by atoms with Gasteiger partial charge in [-0.1, -0.05) is 30.3 Å². The van der Waals surface area contributed by atoms with Crippen LogP contribution in [0.25, 0.3) is 0 Å². The maximum Gasteiger partial charge on any atom is 0.269 e. The Labute approximate surface area is 110 Å². The van der Waals surface area contributed by atoms with Crippen LogP contribution in [0.4, 0.5) is 5.69 Å². The highest BCUT2D eigenvalue weighted by Crippen LogP contribution is 2.15. The van der Waals surface area contributed by atoms with Crippen LogP contribution in [0.5, 0.6) is 0 Å². The van der Waals surface area contributed by atoms with Gasteiger partial charge in [-0.2, -0.15) is 0 Å². The Hall–Kier alpha value is -2.53. The third-order valence-electron chi connectivity index (χ3n) is 2.38. The first-order valence-electron chi connectivity index (χ1n) is 5.47. The average Bonchev–Trinajstić information content (AvgIpc) is 2.49. The van der Waals surface area contributed by atoms with Crippen molar-refractivity contribution in [1.29, 1.82) is 0 Å². The molecule has 0 aliphatic heterocycles. The van der Waals surface area contributed by atoms with Crippen molar-refractivity contribution < 1.29 is 14.8 Å². The van der Waals surface area contributed by atoms with Crippen LogP contribution < -0.4 is 0 Å². The summed E-state index contributed by atoms with van der Waals surface area (Å²) in [5, 5.41) is 17.5. The molecule has 0 heterocycles. The van der Waals surface area contributed by atoms with Gasteiger partial charge < -0.3 is 5.11 Å². The summed E-state index contributed by atoms with van der Waals surface area (Å²) in [6.45, 7) is 0. The Kier molecular flexibility index (Phi) is 5.37. The number of aliphatic hydroxyl groups excluding tert-OH is 1. The van der Waals surface area contributed by atoms with Gasteiger partial charge in [-0.25, -0.2) is 0 Å². The summed E-state index contributed by atoms with van der Waals surface area (Å²) >= 11 is 0. The van der Waals surface area contributed by atoms with Gasteiger partial charge >= 0.3 is 0 Å². The molecule has 0 amide bonds. The van der Waals surface area contributed by atoms with E-state index in [1.54, 1.807) is 24.3 Å². The second-order valence-electron chi connectivity index (χ2n) is 3.50. The summed E-state index contributed by atoms with van der Waals surface area (Å²) in [6, 6.07) is 14.4. The second kappa shape index (κ2) is 7.03. The van der Waals surface area contributed by atoms with Crippen molar-refractivity contribution in [3.8, 4) is 0 Å². The molecule has 1 N–H and O–H groups in total. The normalized spacial score (nSPS) is 9.16. The number of rotatable bonds is 3. The van der Waals surface area contributed by atoms with E-state index in [1.807, 2.05) is 6.07 Å². The molecule has 2 aromatic carbocycles. The number of aliphatic hydroxyl groups is 1. The fourth-order valence-corrected chi connectivity index (χ4v) is 1.49. The van der Waals surface area contributed by atoms with Gasteiger partial charge in [0.15, 0.2) is 5.78 Å². The standard InChI is InChI=1S/C13H9NO3.CH4O/c15-13(10-4-2-1-3-5-10)11-6-8-12(9-7-11)14(16)17;1-2/h1-9H;2H,1H3. The predicted octanol–water partition coefficient (Wildman–Crippen LogP) is 2.43. The number of nitrogens with zero attached hydrogens (tertiary/aromatic N) is 1. The lowest BCUT2D eigenvalue weighted by atomic mass is 10.0. The Bertz CT molecular complexity index is 549. The van der Waals surface area contributed by atoms with Crippen molar-refractivity contribution in [1.82, 2.24) is 0 Å². The van der Waals surface area contributed by atoms with Crippen molar-refractivity contribution in [2.24, 2.45) is 0 Å². The Morgan fingerprint density at radius 1 is 0.947 bits per heavy atom. The summed E-state index contributed by atoms with van der Waals surface area (Å²) in [6.07, 6.45) is 0. The number of nitro groups is 1. The fraction of sp³-hybridized carbons (Fsp3) is 0.0714. The van der Waals surface area contributed by atoms with E-state index in [2.05, 4.69) is 0 Å². The van der Waals surface area contributed by atoms with Gasteiger partial charge in [0.2, 0.25) is 0 Å². The molecule has 0 radical (unpaired) electrons. The predicted molar refractivity (Wildman–Crippen MR) is 71.1 cm³/mol. The van der Waals surface area contributed by atoms with Gasteiger partial charge in [0.25, 0.3) is 5.69 Å². The van der Waals surface area contributed by atoms with Crippen LogP contribution in [0.1, 0.15) is 15.9 Å². The van der Waals surface area contributed by atoms with Crippen LogP contribution in [0.3, 0.4) is 0 Å². The van der Waals surface area contributed by atoms with E-state index in [-0.39, 0.29) is 11.5 Å². The van der Waals surface area contributed by atoms with Gasteiger partial charge in [0.1, 0.15) is 0 Å². The molecule has 0 aromatic heterocycles. The average molecular weight is 259 g/mol. The van der Waals surface area contributed by atoms with Crippen molar-refractivity contribution >= 4 is 11.5 Å². The number of benzene rings is 2. The molecule has 0 saturated heterocycles. The van der Waals surface area contributed by atoms with Gasteiger partial charge in [0, 0.05) is 30.4 Å². The molecule has 19 heavy (non-hydrogen) atoms. The summed E-state index contributed by atoms with van der Waals surface area (Å²) in [5.74, 6) is -0.138. The molecule has 2 rings (SSSR count).